The van der Waals surface area contributed by atoms with Gasteiger partial charge in [-0.1, -0.05) is 24.3 Å². The number of hydrogen-bond acceptors (Lipinski definition) is 3. The summed E-state index contributed by atoms with van der Waals surface area (Å²) in [6, 6.07) is 8.74. The van der Waals surface area contributed by atoms with Gasteiger partial charge in [-0.2, -0.15) is 0 Å². The van der Waals surface area contributed by atoms with Crippen LogP contribution in [0.4, 0.5) is 0 Å². The molecule has 94 valence electrons. The monoisotopic (exact) mass is 241 g/mol. The number of likely N-dealkylation sites (tertiary alicyclic amines) is 1. The van der Waals surface area contributed by atoms with Gasteiger partial charge in [0.1, 0.15) is 0 Å². The van der Waals surface area contributed by atoms with Crippen molar-refractivity contribution in [1.82, 2.24) is 9.88 Å². The Morgan fingerprint density at radius 1 is 1.22 bits per heavy atom. The third-order valence-electron chi connectivity index (χ3n) is 3.80. The molecule has 1 aliphatic heterocycles. The molecule has 1 saturated heterocycles. The SMILES string of the molecule is CN1CC(N)CC(c2cncc3ccccc23)C1. The molecular weight excluding hydrogens is 222 g/mol. The average molecular weight is 241 g/mol. The third kappa shape index (κ3) is 2.11. The first-order chi connectivity index (χ1) is 8.74. The summed E-state index contributed by atoms with van der Waals surface area (Å²) in [4.78, 5) is 6.70. The van der Waals surface area contributed by atoms with E-state index < -0.39 is 0 Å². The van der Waals surface area contributed by atoms with E-state index in [4.69, 9.17) is 5.73 Å². The van der Waals surface area contributed by atoms with Crippen LogP contribution in [0.25, 0.3) is 10.8 Å². The van der Waals surface area contributed by atoms with Gasteiger partial charge < -0.3 is 10.6 Å². The molecule has 0 aliphatic carbocycles. The van der Waals surface area contributed by atoms with Crippen LogP contribution < -0.4 is 5.73 Å². The maximum absolute atomic E-state index is 6.13. The maximum atomic E-state index is 6.13. The highest BCUT2D eigenvalue weighted by Crippen LogP contribution is 2.30. The molecule has 2 unspecified atom stereocenters. The van der Waals surface area contributed by atoms with Crippen LogP contribution in [-0.4, -0.2) is 36.1 Å². The van der Waals surface area contributed by atoms with Crippen LogP contribution in [0.2, 0.25) is 0 Å². The number of benzene rings is 1. The van der Waals surface area contributed by atoms with E-state index in [1.165, 1.54) is 16.3 Å². The lowest BCUT2D eigenvalue weighted by atomic mass is 9.87. The lowest BCUT2D eigenvalue weighted by Crippen LogP contribution is -2.44. The van der Waals surface area contributed by atoms with Crippen LogP contribution in [0.3, 0.4) is 0 Å². The van der Waals surface area contributed by atoms with Gasteiger partial charge in [0.2, 0.25) is 0 Å². The zero-order valence-electron chi connectivity index (χ0n) is 10.7. The first-order valence-electron chi connectivity index (χ1n) is 6.51. The number of fused-ring (bicyclic) bond motifs is 1. The largest absolute Gasteiger partial charge is 0.327 e. The van der Waals surface area contributed by atoms with E-state index in [2.05, 4.69) is 41.2 Å². The summed E-state index contributed by atoms with van der Waals surface area (Å²) in [5, 5.41) is 2.54. The molecule has 0 amide bonds. The number of likely N-dealkylation sites (N-methyl/N-ethyl adjacent to an activating group) is 1. The number of hydrogen-bond donors (Lipinski definition) is 1. The van der Waals surface area contributed by atoms with Crippen LogP contribution in [0.15, 0.2) is 36.7 Å². The molecule has 2 atom stereocenters. The van der Waals surface area contributed by atoms with E-state index in [1.807, 2.05) is 12.4 Å². The Hall–Kier alpha value is -1.45. The highest BCUT2D eigenvalue weighted by molar-refractivity contribution is 5.85. The molecule has 1 aromatic carbocycles. The number of aromatic nitrogens is 1. The van der Waals surface area contributed by atoms with E-state index >= 15 is 0 Å². The van der Waals surface area contributed by atoms with Gasteiger partial charge in [0.05, 0.1) is 0 Å². The fourth-order valence-corrected chi connectivity index (χ4v) is 3.06. The topological polar surface area (TPSA) is 42.1 Å². The van der Waals surface area contributed by atoms with Crippen molar-refractivity contribution < 1.29 is 0 Å². The Labute approximate surface area is 108 Å². The van der Waals surface area contributed by atoms with Gasteiger partial charge >= 0.3 is 0 Å². The predicted molar refractivity (Wildman–Crippen MR) is 74.6 cm³/mol. The van der Waals surface area contributed by atoms with Gasteiger partial charge in [-0.25, -0.2) is 0 Å². The zero-order chi connectivity index (χ0) is 12.5. The summed E-state index contributed by atoms with van der Waals surface area (Å²) in [7, 11) is 2.14. The Morgan fingerprint density at radius 2 is 2.06 bits per heavy atom. The second-order valence-corrected chi connectivity index (χ2v) is 5.36. The standard InChI is InChI=1S/C15H19N3/c1-18-9-12(6-13(16)10-18)15-8-17-7-11-4-2-3-5-14(11)15/h2-5,7-8,12-13H,6,9-10,16H2,1H3. The highest BCUT2D eigenvalue weighted by atomic mass is 15.1. The predicted octanol–water partition coefficient (Wildman–Crippen LogP) is 1.98. The fraction of sp³-hybridized carbons (Fsp3) is 0.400. The number of pyridine rings is 1. The lowest BCUT2D eigenvalue weighted by molar-refractivity contribution is 0.227. The molecule has 0 radical (unpaired) electrons. The normalized spacial score (nSPS) is 25.4. The number of nitrogens with zero attached hydrogens (tertiary/aromatic N) is 2. The summed E-state index contributed by atoms with van der Waals surface area (Å²) < 4.78 is 0. The van der Waals surface area contributed by atoms with Crippen molar-refractivity contribution >= 4 is 10.8 Å². The van der Waals surface area contributed by atoms with Crippen molar-refractivity contribution in [2.24, 2.45) is 5.73 Å². The summed E-state index contributed by atoms with van der Waals surface area (Å²) in [6.07, 6.45) is 5.00. The molecular formula is C15H19N3. The quantitative estimate of drug-likeness (QED) is 0.830. The molecule has 0 spiro atoms. The van der Waals surface area contributed by atoms with E-state index in [-0.39, 0.29) is 6.04 Å². The maximum Gasteiger partial charge on any atom is 0.0346 e. The minimum Gasteiger partial charge on any atom is -0.327 e. The second kappa shape index (κ2) is 4.67. The molecule has 3 rings (SSSR count). The van der Waals surface area contributed by atoms with Gasteiger partial charge in [0.25, 0.3) is 0 Å². The van der Waals surface area contributed by atoms with Crippen LogP contribution in [0, 0.1) is 0 Å². The number of nitrogens with two attached hydrogens (primary N) is 1. The second-order valence-electron chi connectivity index (χ2n) is 5.36. The highest BCUT2D eigenvalue weighted by Gasteiger charge is 2.25. The van der Waals surface area contributed by atoms with Gasteiger partial charge in [-0.15, -0.1) is 0 Å². The van der Waals surface area contributed by atoms with E-state index in [1.54, 1.807) is 0 Å². The smallest absolute Gasteiger partial charge is 0.0346 e. The number of rotatable bonds is 1. The molecule has 0 bridgehead atoms. The molecule has 2 heterocycles. The molecule has 0 saturated carbocycles. The first kappa shape index (κ1) is 11.6. The van der Waals surface area contributed by atoms with Crippen molar-refractivity contribution in [2.45, 2.75) is 18.4 Å². The molecule has 2 aromatic rings. The van der Waals surface area contributed by atoms with Crippen LogP contribution in [0.1, 0.15) is 17.9 Å². The number of piperidine rings is 1. The molecule has 1 aliphatic rings. The van der Waals surface area contributed by atoms with Gasteiger partial charge in [0, 0.05) is 42.8 Å². The Kier molecular flexibility index (Phi) is 3.02. The Balaban J connectivity index is 2.03. The lowest BCUT2D eigenvalue weighted by Gasteiger charge is -2.34. The van der Waals surface area contributed by atoms with Crippen molar-refractivity contribution in [3.05, 3.63) is 42.2 Å². The molecule has 1 aromatic heterocycles. The minimum absolute atomic E-state index is 0.271. The van der Waals surface area contributed by atoms with Crippen molar-refractivity contribution in [2.75, 3.05) is 20.1 Å². The first-order valence-corrected chi connectivity index (χ1v) is 6.51. The van der Waals surface area contributed by atoms with Gasteiger partial charge in [-0.3, -0.25) is 4.98 Å². The van der Waals surface area contributed by atoms with Crippen LogP contribution in [0.5, 0.6) is 0 Å². The van der Waals surface area contributed by atoms with Crippen LogP contribution in [-0.2, 0) is 0 Å². The molecule has 18 heavy (non-hydrogen) atoms. The summed E-state index contributed by atoms with van der Waals surface area (Å²) in [5.74, 6) is 0.498. The third-order valence-corrected chi connectivity index (χ3v) is 3.80. The Bertz CT molecular complexity index is 537. The molecule has 3 heteroatoms. The molecule has 1 fully saturated rings. The minimum atomic E-state index is 0.271. The van der Waals surface area contributed by atoms with Gasteiger partial charge in [-0.05, 0) is 24.4 Å². The van der Waals surface area contributed by atoms with E-state index in [9.17, 15) is 0 Å². The fourth-order valence-electron chi connectivity index (χ4n) is 3.06. The van der Waals surface area contributed by atoms with Crippen molar-refractivity contribution in [3.63, 3.8) is 0 Å². The van der Waals surface area contributed by atoms with Crippen LogP contribution >= 0.6 is 0 Å². The zero-order valence-corrected chi connectivity index (χ0v) is 10.7. The summed E-state index contributed by atoms with van der Waals surface area (Å²) in [6.45, 7) is 2.07. The Morgan fingerprint density at radius 3 is 2.89 bits per heavy atom. The average Bonchev–Trinajstić information content (AvgIpc) is 2.37. The van der Waals surface area contributed by atoms with Gasteiger partial charge in [0.15, 0.2) is 0 Å². The molecule has 2 N–H and O–H groups in total. The van der Waals surface area contributed by atoms with E-state index in [0.29, 0.717) is 5.92 Å². The van der Waals surface area contributed by atoms with Crippen molar-refractivity contribution in [3.8, 4) is 0 Å². The molecule has 3 nitrogen and oxygen atoms in total. The van der Waals surface area contributed by atoms with E-state index in [0.717, 1.165) is 19.5 Å². The van der Waals surface area contributed by atoms with Crippen molar-refractivity contribution in [1.29, 1.82) is 0 Å². The summed E-state index contributed by atoms with van der Waals surface area (Å²) >= 11 is 0. The summed E-state index contributed by atoms with van der Waals surface area (Å²) in [5.41, 5.74) is 7.48.